The van der Waals surface area contributed by atoms with Crippen molar-refractivity contribution in [2.24, 2.45) is 0 Å². The minimum Gasteiger partial charge on any atom is -0.494 e. The molecule has 51 heavy (non-hydrogen) atoms. The fourth-order valence-corrected chi connectivity index (χ4v) is 6.55. The molecule has 8 heteroatoms. The van der Waals surface area contributed by atoms with E-state index in [2.05, 4.69) is 169 Å². The van der Waals surface area contributed by atoms with Gasteiger partial charge in [0.05, 0.1) is 40.9 Å². The predicted molar refractivity (Wildman–Crippen MR) is 207 cm³/mol. The zero-order valence-electron chi connectivity index (χ0n) is 30.3. The minimum absolute atomic E-state index is 0.693. The molecular weight excluding hydrogens is 633 g/mol. The fraction of sp³-hybridized carbons (Fsp3) is 0.256. The molecule has 0 unspecified atom stereocenters. The number of aromatic amines is 4. The Kier molecular flexibility index (Phi) is 9.88. The van der Waals surface area contributed by atoms with Crippen molar-refractivity contribution >= 4 is 23.3 Å². The second-order valence-electron chi connectivity index (χ2n) is 14.6. The lowest BCUT2D eigenvalue weighted by Crippen LogP contribution is -2.35. The van der Waals surface area contributed by atoms with Crippen LogP contribution in [0.3, 0.4) is 0 Å². The lowest BCUT2D eigenvalue weighted by atomic mass is 10.0. The van der Waals surface area contributed by atoms with E-state index in [-0.39, 0.29) is 0 Å². The van der Waals surface area contributed by atoms with Crippen LogP contribution in [0.5, 0.6) is 11.5 Å². The van der Waals surface area contributed by atoms with Gasteiger partial charge < -0.3 is 38.8 Å². The zero-order valence-corrected chi connectivity index (χ0v) is 30.3. The van der Waals surface area contributed by atoms with E-state index >= 15 is 0 Å². The highest BCUT2D eigenvalue weighted by atomic mass is 16.5. The number of nitrogens with one attached hydrogen (secondary N) is 4. The summed E-state index contributed by atoms with van der Waals surface area (Å²) in [5.74, 6) is 1.76. The van der Waals surface area contributed by atoms with E-state index in [9.17, 15) is 0 Å². The van der Waals surface area contributed by atoms with Gasteiger partial charge in [0.2, 0.25) is 0 Å². The average molecular weight is 682 g/mol. The molecule has 8 nitrogen and oxygen atoms in total. The number of aromatic nitrogens is 4. The predicted octanol–water partition coefficient (Wildman–Crippen LogP) is 4.27. The summed E-state index contributed by atoms with van der Waals surface area (Å²) in [5.41, 5.74) is 8.48. The highest BCUT2D eigenvalue weighted by Crippen LogP contribution is 2.25. The van der Waals surface area contributed by atoms with Crippen molar-refractivity contribution in [2.75, 3.05) is 61.5 Å². The number of nitrogens with zero attached hydrogens (tertiary/aromatic N) is 2. The average Bonchev–Trinajstić information content (AvgIpc) is 3.93. The van der Waals surface area contributed by atoms with Crippen LogP contribution in [0.4, 0.5) is 0 Å². The van der Waals surface area contributed by atoms with Crippen LogP contribution in [-0.4, -0.2) is 90.9 Å². The van der Waals surface area contributed by atoms with Crippen LogP contribution < -0.4 is 30.9 Å². The molecule has 4 N–H and O–H groups in total. The Hall–Kier alpha value is -5.44. The molecule has 0 spiro atoms. The molecule has 0 saturated carbocycles. The van der Waals surface area contributed by atoms with Crippen molar-refractivity contribution in [3.8, 4) is 11.5 Å². The standard InChI is InChI=1S/C43H49N6O2/c1-48(2)24-6-26-50-36-16-8-30(9-17-36)42-38-20-12-32(44-38)28-34-14-22-40(46-34)43(41-23-15-35(47-41)29-33-13-21-39(42)45-33)31-10-18-37(19-11-31)51-27-7-25-49(3,4)5/h8-23,28-29,44-47H,6-7,24-27H2,1-5H3/q+1. The molecule has 0 fully saturated rings. The first-order valence-electron chi connectivity index (χ1n) is 17.8. The van der Waals surface area contributed by atoms with Crippen LogP contribution in [0.25, 0.3) is 23.3 Å². The number of hydrogen-bond donors (Lipinski definition) is 4. The molecule has 8 bridgehead atoms. The molecule has 6 aromatic rings. The number of H-pyrrole nitrogens is 4. The van der Waals surface area contributed by atoms with Crippen molar-refractivity contribution in [1.29, 1.82) is 0 Å². The van der Waals surface area contributed by atoms with E-state index in [0.29, 0.717) is 13.2 Å². The van der Waals surface area contributed by atoms with Crippen LogP contribution in [-0.2, 0) is 0 Å². The third-order valence-electron chi connectivity index (χ3n) is 9.08. The summed E-state index contributed by atoms with van der Waals surface area (Å²) in [7, 11) is 10.8. The van der Waals surface area contributed by atoms with Crippen LogP contribution >= 0.6 is 0 Å². The van der Waals surface area contributed by atoms with Crippen LogP contribution in [0.2, 0.25) is 0 Å². The van der Waals surface area contributed by atoms with E-state index in [0.717, 1.165) is 108 Å². The lowest BCUT2D eigenvalue weighted by Gasteiger charge is -2.23. The maximum atomic E-state index is 6.09. The Balaban J connectivity index is 1.24. The van der Waals surface area contributed by atoms with Gasteiger partial charge in [-0.15, -0.1) is 0 Å². The normalized spacial score (nSPS) is 12.9. The van der Waals surface area contributed by atoms with E-state index in [1.165, 1.54) is 0 Å². The number of quaternary nitrogens is 1. The fourth-order valence-electron chi connectivity index (χ4n) is 6.55. The maximum absolute atomic E-state index is 6.09. The van der Waals surface area contributed by atoms with Crippen LogP contribution in [0.15, 0.2) is 97.1 Å². The topological polar surface area (TPSA) is 84.9 Å². The lowest BCUT2D eigenvalue weighted by molar-refractivity contribution is -0.870. The van der Waals surface area contributed by atoms with Gasteiger partial charge in [-0.3, -0.25) is 0 Å². The molecule has 0 radical (unpaired) electrons. The van der Waals surface area contributed by atoms with Gasteiger partial charge >= 0.3 is 0 Å². The smallest absolute Gasteiger partial charge is 0.119 e. The van der Waals surface area contributed by atoms with Gasteiger partial charge in [0.1, 0.15) is 11.5 Å². The number of benzene rings is 2. The van der Waals surface area contributed by atoms with Gasteiger partial charge in [0, 0.05) is 68.3 Å². The monoisotopic (exact) mass is 681 g/mol. The Morgan fingerprint density at radius 2 is 1.00 bits per heavy atom. The quantitative estimate of drug-likeness (QED) is 0.115. The van der Waals surface area contributed by atoms with Gasteiger partial charge in [-0.05, 0) is 117 Å². The van der Waals surface area contributed by atoms with E-state index < -0.39 is 0 Å². The Morgan fingerprint density at radius 3 is 1.45 bits per heavy atom. The van der Waals surface area contributed by atoms with Crippen molar-refractivity contribution in [3.63, 3.8) is 0 Å². The van der Waals surface area contributed by atoms with Crippen molar-refractivity contribution in [3.05, 3.63) is 152 Å². The first-order chi connectivity index (χ1) is 24.7. The van der Waals surface area contributed by atoms with E-state index in [1.807, 2.05) is 0 Å². The summed E-state index contributed by atoms with van der Waals surface area (Å²) in [6, 6.07) is 34.0. The second kappa shape index (κ2) is 14.8. The molecule has 0 atom stereocenters. The van der Waals surface area contributed by atoms with Crippen LogP contribution in [0, 0.1) is 0 Å². The summed E-state index contributed by atoms with van der Waals surface area (Å²) >= 11 is 0. The molecule has 0 aliphatic carbocycles. The molecule has 1 aliphatic heterocycles. The molecule has 4 aromatic heterocycles. The highest BCUT2D eigenvalue weighted by Gasteiger charge is 2.13. The summed E-state index contributed by atoms with van der Waals surface area (Å²) in [6.07, 6.45) is 6.30. The van der Waals surface area contributed by atoms with Crippen LogP contribution in [0.1, 0.15) is 46.7 Å². The summed E-state index contributed by atoms with van der Waals surface area (Å²) in [4.78, 5) is 16.9. The molecule has 0 saturated heterocycles. The van der Waals surface area contributed by atoms with Crippen molar-refractivity contribution in [1.82, 2.24) is 24.8 Å². The highest BCUT2D eigenvalue weighted by molar-refractivity contribution is 5.79. The molecule has 7 rings (SSSR count). The molecule has 1 aliphatic rings. The molecule has 2 aromatic carbocycles. The number of fused-ring (bicyclic) bond motifs is 8. The summed E-state index contributed by atoms with van der Waals surface area (Å²) in [5, 5.41) is 4.08. The van der Waals surface area contributed by atoms with Crippen molar-refractivity contribution < 1.29 is 14.0 Å². The van der Waals surface area contributed by atoms with Crippen molar-refractivity contribution in [2.45, 2.75) is 12.8 Å². The molecule has 0 amide bonds. The first kappa shape index (κ1) is 34.0. The Bertz CT molecular complexity index is 2330. The van der Waals surface area contributed by atoms with Gasteiger partial charge in [0.15, 0.2) is 0 Å². The third-order valence-corrected chi connectivity index (χ3v) is 9.08. The molecular formula is C43H49N6O2+. The third kappa shape index (κ3) is 8.48. The molecule has 5 heterocycles. The Morgan fingerprint density at radius 1 is 0.529 bits per heavy atom. The van der Waals surface area contributed by atoms with Gasteiger partial charge in [-0.1, -0.05) is 24.3 Å². The summed E-state index contributed by atoms with van der Waals surface area (Å²) in [6.45, 7) is 3.47. The Labute approximate surface area is 299 Å². The minimum atomic E-state index is 0.693. The molecule has 262 valence electrons. The van der Waals surface area contributed by atoms with Gasteiger partial charge in [-0.2, -0.15) is 0 Å². The number of rotatable bonds is 12. The largest absolute Gasteiger partial charge is 0.494 e. The zero-order chi connectivity index (χ0) is 35.4. The number of hydrogen-bond acceptors (Lipinski definition) is 3. The second-order valence-corrected chi connectivity index (χ2v) is 14.6. The first-order valence-corrected chi connectivity index (χ1v) is 17.8. The maximum Gasteiger partial charge on any atom is 0.119 e. The van der Waals surface area contributed by atoms with Gasteiger partial charge in [0.25, 0.3) is 0 Å². The SMILES string of the molecule is CN(C)CCCOc1ccc(C2=c3ccc([nH]3)=Cc3ccc([nH]3)C(c3ccc(OCCC[N+](C)(C)C)cc3)=c3ccc([nH]3)=Cc3ccc2[nH]3)cc1. The van der Waals surface area contributed by atoms with Gasteiger partial charge in [-0.25, -0.2) is 0 Å². The van der Waals surface area contributed by atoms with E-state index in [1.54, 1.807) is 0 Å². The summed E-state index contributed by atoms with van der Waals surface area (Å²) < 4.78 is 13.1. The number of ether oxygens (including phenoxy) is 2. The van der Waals surface area contributed by atoms with E-state index in [4.69, 9.17) is 9.47 Å².